The number of fused-ring (bicyclic) bond motifs is 1. The van der Waals surface area contributed by atoms with Gasteiger partial charge in [0.25, 0.3) is 0 Å². The number of amides is 1. The summed E-state index contributed by atoms with van der Waals surface area (Å²) < 4.78 is 5.13. The van der Waals surface area contributed by atoms with E-state index in [1.165, 1.54) is 44.6 Å². The van der Waals surface area contributed by atoms with Gasteiger partial charge in [-0.2, -0.15) is 0 Å². The van der Waals surface area contributed by atoms with Crippen molar-refractivity contribution < 1.29 is 9.21 Å². The van der Waals surface area contributed by atoms with Gasteiger partial charge in [0.15, 0.2) is 5.11 Å². The standard InChI is InChI=1S/C22H24N2O3S/c25-19(12-22-9-13-5-14(10-22)7-15(6-13)11-22)24-21(28)23-17-2-3-18-16(8-17)1-4-20(26)27-18/h1-4,8,13-15H,5-7,9-12H2,(H2,23,24,25,28). The molecule has 4 aliphatic carbocycles. The minimum atomic E-state index is -0.374. The highest BCUT2D eigenvalue weighted by atomic mass is 32.1. The molecule has 1 aromatic heterocycles. The Morgan fingerprint density at radius 1 is 1.07 bits per heavy atom. The van der Waals surface area contributed by atoms with E-state index in [2.05, 4.69) is 10.6 Å². The number of anilines is 1. The van der Waals surface area contributed by atoms with Gasteiger partial charge in [0.2, 0.25) is 5.91 Å². The normalized spacial score (nSPS) is 30.4. The van der Waals surface area contributed by atoms with E-state index in [4.69, 9.17) is 16.6 Å². The molecule has 6 heteroatoms. The Hall–Kier alpha value is -2.21. The fraction of sp³-hybridized carbons (Fsp3) is 0.500. The summed E-state index contributed by atoms with van der Waals surface area (Å²) in [6.07, 6.45) is 8.35. The van der Waals surface area contributed by atoms with E-state index in [1.54, 1.807) is 18.2 Å². The summed E-state index contributed by atoms with van der Waals surface area (Å²) in [7, 11) is 0. The largest absolute Gasteiger partial charge is 0.423 e. The van der Waals surface area contributed by atoms with Crippen LogP contribution in [0.25, 0.3) is 11.0 Å². The molecule has 0 unspecified atom stereocenters. The zero-order chi connectivity index (χ0) is 19.3. The van der Waals surface area contributed by atoms with Crippen molar-refractivity contribution in [2.24, 2.45) is 23.2 Å². The number of hydrogen-bond acceptors (Lipinski definition) is 4. The van der Waals surface area contributed by atoms with Crippen LogP contribution in [0.1, 0.15) is 44.9 Å². The average molecular weight is 397 g/mol. The second-order valence-electron chi connectivity index (χ2n) is 9.10. The van der Waals surface area contributed by atoms with Crippen molar-refractivity contribution in [2.45, 2.75) is 44.9 Å². The van der Waals surface area contributed by atoms with E-state index in [0.717, 1.165) is 28.8 Å². The van der Waals surface area contributed by atoms with E-state index < -0.39 is 0 Å². The maximum Gasteiger partial charge on any atom is 0.336 e. The first kappa shape index (κ1) is 17.9. The number of rotatable bonds is 3. The van der Waals surface area contributed by atoms with E-state index >= 15 is 0 Å². The van der Waals surface area contributed by atoms with Crippen LogP contribution in [-0.2, 0) is 4.79 Å². The summed E-state index contributed by atoms with van der Waals surface area (Å²) in [6, 6.07) is 8.44. The minimum Gasteiger partial charge on any atom is -0.423 e. The number of nitrogens with one attached hydrogen (secondary N) is 2. The highest BCUT2D eigenvalue weighted by molar-refractivity contribution is 7.80. The van der Waals surface area contributed by atoms with Crippen LogP contribution in [0.3, 0.4) is 0 Å². The Morgan fingerprint density at radius 3 is 2.43 bits per heavy atom. The first-order valence-corrected chi connectivity index (χ1v) is 10.5. The van der Waals surface area contributed by atoms with Crippen molar-refractivity contribution in [1.29, 1.82) is 0 Å². The molecule has 6 rings (SSSR count). The second kappa shape index (κ2) is 6.69. The van der Waals surface area contributed by atoms with Gasteiger partial charge >= 0.3 is 5.63 Å². The topological polar surface area (TPSA) is 71.3 Å². The van der Waals surface area contributed by atoms with E-state index in [1.807, 2.05) is 6.07 Å². The summed E-state index contributed by atoms with van der Waals surface area (Å²) in [5, 5.41) is 7.05. The van der Waals surface area contributed by atoms with Gasteiger partial charge in [-0.1, -0.05) is 0 Å². The highest BCUT2D eigenvalue weighted by Gasteiger charge is 2.51. The molecule has 0 atom stereocenters. The number of thiocarbonyl (C=S) groups is 1. The molecule has 0 radical (unpaired) electrons. The maximum atomic E-state index is 12.7. The number of benzene rings is 1. The van der Waals surface area contributed by atoms with Gasteiger partial charge in [0, 0.05) is 23.6 Å². The van der Waals surface area contributed by atoms with Crippen molar-refractivity contribution in [3.8, 4) is 0 Å². The maximum absolute atomic E-state index is 12.7. The van der Waals surface area contributed by atoms with Crippen molar-refractivity contribution in [3.63, 3.8) is 0 Å². The molecule has 0 spiro atoms. The number of carbonyl (C=O) groups is 1. The lowest BCUT2D eigenvalue weighted by Gasteiger charge is -2.56. The molecule has 2 N–H and O–H groups in total. The van der Waals surface area contributed by atoms with Crippen LogP contribution in [-0.4, -0.2) is 11.0 Å². The third-order valence-corrected chi connectivity index (χ3v) is 7.03. The molecule has 1 aromatic carbocycles. The quantitative estimate of drug-likeness (QED) is 0.601. The van der Waals surface area contributed by atoms with Gasteiger partial charge < -0.3 is 15.1 Å². The molecule has 146 valence electrons. The van der Waals surface area contributed by atoms with Crippen LogP contribution in [0.2, 0.25) is 0 Å². The van der Waals surface area contributed by atoms with Crippen molar-refractivity contribution in [1.82, 2.24) is 5.32 Å². The zero-order valence-electron chi connectivity index (χ0n) is 15.7. The average Bonchev–Trinajstić information content (AvgIpc) is 2.60. The summed E-state index contributed by atoms with van der Waals surface area (Å²) in [5.74, 6) is 2.52. The van der Waals surface area contributed by atoms with Gasteiger partial charge in [-0.25, -0.2) is 4.79 Å². The lowest BCUT2D eigenvalue weighted by molar-refractivity contribution is -0.127. The Morgan fingerprint density at radius 2 is 1.75 bits per heavy atom. The molecular weight excluding hydrogens is 372 g/mol. The van der Waals surface area contributed by atoms with Crippen molar-refractivity contribution in [2.75, 3.05) is 5.32 Å². The second-order valence-corrected chi connectivity index (χ2v) is 9.51. The fourth-order valence-electron chi connectivity index (χ4n) is 6.33. The van der Waals surface area contributed by atoms with Crippen LogP contribution in [0.15, 0.2) is 39.5 Å². The Kier molecular flexibility index (Phi) is 4.27. The minimum absolute atomic E-state index is 0.0197. The Balaban J connectivity index is 1.22. The Labute approximate surface area is 168 Å². The van der Waals surface area contributed by atoms with E-state index in [-0.39, 0.29) is 16.9 Å². The highest BCUT2D eigenvalue weighted by Crippen LogP contribution is 2.61. The lowest BCUT2D eigenvalue weighted by Crippen LogP contribution is -2.48. The molecule has 4 aliphatic rings. The first-order valence-electron chi connectivity index (χ1n) is 10.1. The summed E-state index contributed by atoms with van der Waals surface area (Å²) in [4.78, 5) is 24.0. The number of hydrogen-bond donors (Lipinski definition) is 2. The lowest BCUT2D eigenvalue weighted by atomic mass is 9.49. The first-order chi connectivity index (χ1) is 13.5. The van der Waals surface area contributed by atoms with Gasteiger partial charge in [-0.05, 0) is 98.2 Å². The van der Waals surface area contributed by atoms with E-state index in [9.17, 15) is 9.59 Å². The van der Waals surface area contributed by atoms with Gasteiger partial charge in [-0.15, -0.1) is 0 Å². The van der Waals surface area contributed by atoms with Crippen molar-refractivity contribution in [3.05, 3.63) is 40.8 Å². The molecular formula is C22H24N2O3S. The molecule has 5 nitrogen and oxygen atoms in total. The molecule has 2 aromatic rings. The summed E-state index contributed by atoms with van der Waals surface area (Å²) >= 11 is 5.35. The molecule has 4 saturated carbocycles. The molecule has 4 bridgehead atoms. The van der Waals surface area contributed by atoms with E-state index in [0.29, 0.717) is 17.1 Å². The molecule has 0 saturated heterocycles. The third-order valence-electron chi connectivity index (χ3n) is 6.83. The predicted octanol–water partition coefficient (Wildman–Crippen LogP) is 4.21. The molecule has 1 amide bonds. The van der Waals surface area contributed by atoms with Gasteiger partial charge in [0.1, 0.15) is 5.58 Å². The predicted molar refractivity (Wildman–Crippen MR) is 112 cm³/mol. The van der Waals surface area contributed by atoms with Crippen LogP contribution in [0, 0.1) is 23.2 Å². The number of carbonyl (C=O) groups excluding carboxylic acids is 1. The summed E-state index contributed by atoms with van der Waals surface area (Å²) in [5.41, 5.74) is 1.10. The monoisotopic (exact) mass is 396 g/mol. The Bertz CT molecular complexity index is 977. The van der Waals surface area contributed by atoms with Gasteiger partial charge in [-0.3, -0.25) is 4.79 Å². The van der Waals surface area contributed by atoms with Crippen LogP contribution in [0.4, 0.5) is 5.69 Å². The smallest absolute Gasteiger partial charge is 0.336 e. The molecule has 1 heterocycles. The summed E-state index contributed by atoms with van der Waals surface area (Å²) in [6.45, 7) is 0. The van der Waals surface area contributed by atoms with Crippen molar-refractivity contribution >= 4 is 39.9 Å². The van der Waals surface area contributed by atoms with Gasteiger partial charge in [0.05, 0.1) is 0 Å². The molecule has 0 aliphatic heterocycles. The van der Waals surface area contributed by atoms with Crippen LogP contribution >= 0.6 is 12.2 Å². The van der Waals surface area contributed by atoms with Crippen LogP contribution < -0.4 is 16.3 Å². The molecule has 4 fully saturated rings. The SMILES string of the molecule is O=C(CC12CC3CC(CC(C3)C1)C2)NC(=S)Nc1ccc2oc(=O)ccc2c1. The molecule has 28 heavy (non-hydrogen) atoms. The third kappa shape index (κ3) is 3.46. The van der Waals surface area contributed by atoms with Crippen LogP contribution in [0.5, 0.6) is 0 Å². The zero-order valence-corrected chi connectivity index (χ0v) is 16.5. The fourth-order valence-corrected chi connectivity index (χ4v) is 6.56.